The predicted molar refractivity (Wildman–Crippen MR) is 67.3 cm³/mol. The van der Waals surface area contributed by atoms with Gasteiger partial charge < -0.3 is 5.32 Å². The molecule has 0 aliphatic carbocycles. The third kappa shape index (κ3) is 3.06. The van der Waals surface area contributed by atoms with Crippen molar-refractivity contribution in [3.8, 4) is 0 Å². The lowest BCUT2D eigenvalue weighted by molar-refractivity contribution is 0.386. The molecule has 1 saturated heterocycles. The molecule has 0 spiro atoms. The first-order valence-corrected chi connectivity index (χ1v) is 7.73. The van der Waals surface area contributed by atoms with Crippen LogP contribution in [0.2, 0.25) is 0 Å². The van der Waals surface area contributed by atoms with E-state index in [-0.39, 0.29) is 6.04 Å². The first-order valence-electron chi connectivity index (χ1n) is 6.12. The first-order chi connectivity index (χ1) is 8.50. The van der Waals surface area contributed by atoms with Crippen molar-refractivity contribution >= 4 is 10.0 Å². The highest BCUT2D eigenvalue weighted by Gasteiger charge is 2.28. The summed E-state index contributed by atoms with van der Waals surface area (Å²) in [6.07, 6.45) is 3.72. The van der Waals surface area contributed by atoms with Gasteiger partial charge in [0.15, 0.2) is 0 Å². The standard InChI is InChI=1S/C10H19N5O2S/c1-2-15-10(13-7-14-15)5-8-3-4-9(6-12-8)18(11,16)17/h7-9,12H,2-6H2,1H3,(H2,11,16,17). The number of hydrogen-bond acceptors (Lipinski definition) is 5. The molecule has 2 atom stereocenters. The van der Waals surface area contributed by atoms with Crippen LogP contribution in [0.3, 0.4) is 0 Å². The lowest BCUT2D eigenvalue weighted by Gasteiger charge is -2.28. The van der Waals surface area contributed by atoms with E-state index in [1.54, 1.807) is 6.33 Å². The van der Waals surface area contributed by atoms with Gasteiger partial charge in [0.2, 0.25) is 10.0 Å². The Morgan fingerprint density at radius 2 is 2.33 bits per heavy atom. The fourth-order valence-corrected chi connectivity index (χ4v) is 3.07. The Bertz CT molecular complexity index is 490. The van der Waals surface area contributed by atoms with Crippen molar-refractivity contribution in [1.82, 2.24) is 20.1 Å². The van der Waals surface area contributed by atoms with Crippen molar-refractivity contribution in [2.24, 2.45) is 5.14 Å². The molecule has 102 valence electrons. The summed E-state index contributed by atoms with van der Waals surface area (Å²) in [4.78, 5) is 4.22. The average molecular weight is 273 g/mol. The van der Waals surface area contributed by atoms with E-state index >= 15 is 0 Å². The summed E-state index contributed by atoms with van der Waals surface area (Å²) in [6, 6.07) is 0.248. The van der Waals surface area contributed by atoms with E-state index in [4.69, 9.17) is 5.14 Å². The highest BCUT2D eigenvalue weighted by Crippen LogP contribution is 2.15. The maximum absolute atomic E-state index is 11.2. The molecule has 1 aliphatic rings. The monoisotopic (exact) mass is 273 g/mol. The second-order valence-corrected chi connectivity index (χ2v) is 6.43. The van der Waals surface area contributed by atoms with Gasteiger partial charge in [0.25, 0.3) is 0 Å². The number of rotatable bonds is 4. The van der Waals surface area contributed by atoms with Gasteiger partial charge >= 0.3 is 0 Å². The summed E-state index contributed by atoms with van der Waals surface area (Å²) >= 11 is 0. The van der Waals surface area contributed by atoms with Gasteiger partial charge in [0, 0.05) is 25.6 Å². The van der Waals surface area contributed by atoms with Crippen LogP contribution in [0.5, 0.6) is 0 Å². The van der Waals surface area contributed by atoms with Crippen LogP contribution < -0.4 is 10.5 Å². The molecular formula is C10H19N5O2S. The lowest BCUT2D eigenvalue weighted by atomic mass is 10.0. The zero-order chi connectivity index (χ0) is 13.2. The van der Waals surface area contributed by atoms with Crippen molar-refractivity contribution in [2.45, 2.75) is 44.0 Å². The Labute approximate surface area is 107 Å². The van der Waals surface area contributed by atoms with Gasteiger partial charge in [0.1, 0.15) is 12.2 Å². The number of sulfonamides is 1. The van der Waals surface area contributed by atoms with Gasteiger partial charge in [-0.05, 0) is 19.8 Å². The Kier molecular flexibility index (Phi) is 3.98. The molecule has 0 amide bonds. The van der Waals surface area contributed by atoms with Crippen molar-refractivity contribution in [1.29, 1.82) is 0 Å². The third-order valence-electron chi connectivity index (χ3n) is 3.36. The fourth-order valence-electron chi connectivity index (χ4n) is 2.27. The molecule has 2 rings (SSSR count). The van der Waals surface area contributed by atoms with Crippen molar-refractivity contribution < 1.29 is 8.42 Å². The summed E-state index contributed by atoms with van der Waals surface area (Å²) in [5, 5.41) is 12.0. The molecule has 0 aromatic carbocycles. The Morgan fingerprint density at radius 3 is 2.89 bits per heavy atom. The zero-order valence-corrected chi connectivity index (χ0v) is 11.2. The van der Waals surface area contributed by atoms with Gasteiger partial charge in [-0.15, -0.1) is 0 Å². The molecule has 0 bridgehead atoms. The molecule has 1 aromatic heterocycles. The molecular weight excluding hydrogens is 254 g/mol. The Balaban J connectivity index is 1.91. The van der Waals surface area contributed by atoms with Gasteiger partial charge in [-0.25, -0.2) is 18.5 Å². The van der Waals surface area contributed by atoms with Crippen LogP contribution in [0.4, 0.5) is 0 Å². The second-order valence-electron chi connectivity index (χ2n) is 4.59. The molecule has 0 radical (unpaired) electrons. The van der Waals surface area contributed by atoms with Gasteiger partial charge in [-0.2, -0.15) is 5.10 Å². The van der Waals surface area contributed by atoms with Gasteiger partial charge in [0.05, 0.1) is 5.25 Å². The molecule has 7 nitrogen and oxygen atoms in total. The normalized spacial score (nSPS) is 25.2. The summed E-state index contributed by atoms with van der Waals surface area (Å²) in [5.74, 6) is 0.934. The molecule has 1 aliphatic heterocycles. The van der Waals surface area contributed by atoms with Crippen molar-refractivity contribution in [2.75, 3.05) is 6.54 Å². The van der Waals surface area contributed by atoms with Crippen LogP contribution in [-0.4, -0.2) is 41.0 Å². The van der Waals surface area contributed by atoms with Gasteiger partial charge in [-0.3, -0.25) is 4.68 Å². The molecule has 1 aromatic rings. The number of nitrogens with one attached hydrogen (secondary N) is 1. The number of primary sulfonamides is 1. The van der Waals surface area contributed by atoms with Crippen LogP contribution >= 0.6 is 0 Å². The van der Waals surface area contributed by atoms with Crippen molar-refractivity contribution in [3.05, 3.63) is 12.2 Å². The largest absolute Gasteiger partial charge is 0.312 e. The minimum Gasteiger partial charge on any atom is -0.312 e. The maximum Gasteiger partial charge on any atom is 0.213 e. The van der Waals surface area contributed by atoms with Crippen LogP contribution in [0.25, 0.3) is 0 Å². The van der Waals surface area contributed by atoms with E-state index < -0.39 is 15.3 Å². The van der Waals surface area contributed by atoms with Crippen LogP contribution in [0, 0.1) is 0 Å². The van der Waals surface area contributed by atoms with E-state index in [0.29, 0.717) is 13.0 Å². The van der Waals surface area contributed by atoms with Crippen LogP contribution in [0.15, 0.2) is 6.33 Å². The Morgan fingerprint density at radius 1 is 1.56 bits per heavy atom. The average Bonchev–Trinajstić information content (AvgIpc) is 2.76. The van der Waals surface area contributed by atoms with Crippen molar-refractivity contribution in [3.63, 3.8) is 0 Å². The van der Waals surface area contributed by atoms with Crippen LogP contribution in [-0.2, 0) is 23.0 Å². The Hall–Kier alpha value is -0.990. The molecule has 0 saturated carbocycles. The highest BCUT2D eigenvalue weighted by molar-refractivity contribution is 7.89. The zero-order valence-electron chi connectivity index (χ0n) is 10.4. The predicted octanol–water partition coefficient (Wildman–Crippen LogP) is -0.750. The topological polar surface area (TPSA) is 103 Å². The number of nitrogens with two attached hydrogens (primary N) is 1. The molecule has 3 N–H and O–H groups in total. The van der Waals surface area contributed by atoms with Gasteiger partial charge in [-0.1, -0.05) is 0 Å². The second kappa shape index (κ2) is 5.33. The number of aromatic nitrogens is 3. The first kappa shape index (κ1) is 13.4. The van der Waals surface area contributed by atoms with E-state index in [1.807, 2.05) is 11.6 Å². The summed E-state index contributed by atoms with van der Waals surface area (Å²) in [5.41, 5.74) is 0. The quantitative estimate of drug-likeness (QED) is 0.751. The van der Waals surface area contributed by atoms with E-state index in [1.165, 1.54) is 0 Å². The fraction of sp³-hybridized carbons (Fsp3) is 0.800. The molecule has 2 unspecified atom stereocenters. The minimum atomic E-state index is -3.42. The maximum atomic E-state index is 11.2. The van der Waals surface area contributed by atoms with Crippen LogP contribution in [0.1, 0.15) is 25.6 Å². The SMILES string of the molecule is CCn1ncnc1CC1CCC(S(N)(=O)=O)CN1. The number of piperidine rings is 1. The molecule has 2 heterocycles. The number of aryl methyl sites for hydroxylation is 1. The lowest BCUT2D eigenvalue weighted by Crippen LogP contribution is -2.47. The smallest absolute Gasteiger partial charge is 0.213 e. The van der Waals surface area contributed by atoms with E-state index in [9.17, 15) is 8.42 Å². The molecule has 8 heteroatoms. The molecule has 18 heavy (non-hydrogen) atoms. The number of hydrogen-bond donors (Lipinski definition) is 2. The summed E-state index contributed by atoms with van der Waals surface area (Å²) in [7, 11) is -3.42. The highest BCUT2D eigenvalue weighted by atomic mass is 32.2. The molecule has 1 fully saturated rings. The third-order valence-corrected chi connectivity index (χ3v) is 4.69. The van der Waals surface area contributed by atoms with E-state index in [2.05, 4.69) is 15.4 Å². The minimum absolute atomic E-state index is 0.248. The summed E-state index contributed by atoms with van der Waals surface area (Å²) < 4.78 is 24.3. The number of nitrogens with zero attached hydrogens (tertiary/aromatic N) is 3. The van der Waals surface area contributed by atoms with E-state index in [0.717, 1.165) is 25.2 Å². The summed E-state index contributed by atoms with van der Waals surface area (Å²) in [6.45, 7) is 3.23.